The van der Waals surface area contributed by atoms with E-state index in [-0.39, 0.29) is 24.5 Å². The second-order valence-corrected chi connectivity index (χ2v) is 16.8. The molecule has 7 aliphatic rings. The summed E-state index contributed by atoms with van der Waals surface area (Å²) in [6, 6.07) is 14.2. The topological polar surface area (TPSA) is 155 Å². The molecule has 3 N–H and O–H groups in total. The first-order valence-electron chi connectivity index (χ1n) is 19.9. The number of carbonyl (C=O) groups excluding carboxylic acids is 4. The number of para-hydroxylation sites is 1. The van der Waals surface area contributed by atoms with Gasteiger partial charge in [-0.1, -0.05) is 19.1 Å². The van der Waals surface area contributed by atoms with E-state index in [9.17, 15) is 24.3 Å². The van der Waals surface area contributed by atoms with Crippen molar-refractivity contribution in [1.82, 2.24) is 30.2 Å². The van der Waals surface area contributed by atoms with Gasteiger partial charge in [0.25, 0.3) is 11.8 Å². The monoisotopic (exact) mass is 745 g/mol. The molecule has 1 aliphatic carbocycles. The van der Waals surface area contributed by atoms with Gasteiger partial charge in [-0.3, -0.25) is 34.3 Å². The molecule has 1 aromatic heterocycles. The number of nitrogens with one attached hydrogen (secondary N) is 2. The smallest absolute Gasteiger partial charge is 0.262 e. The van der Waals surface area contributed by atoms with Crippen molar-refractivity contribution in [3.8, 4) is 17.0 Å². The van der Waals surface area contributed by atoms with Crippen molar-refractivity contribution in [3.63, 3.8) is 0 Å². The lowest BCUT2D eigenvalue weighted by molar-refractivity contribution is -0.136. The predicted molar refractivity (Wildman–Crippen MR) is 205 cm³/mol. The number of carbonyl (C=O) groups is 4. The highest BCUT2D eigenvalue weighted by molar-refractivity contribution is 6.23. The number of phenolic OH excluding ortho intramolecular Hbond substituents is 1. The number of piperazine rings is 1. The molecular formula is C41H47N9O5. The van der Waals surface area contributed by atoms with Crippen LogP contribution >= 0.6 is 0 Å². The Labute approximate surface area is 319 Å². The summed E-state index contributed by atoms with van der Waals surface area (Å²) in [6.07, 6.45) is 1.33. The highest BCUT2D eigenvalue weighted by Gasteiger charge is 2.56. The third-order valence-corrected chi connectivity index (χ3v) is 13.6. The van der Waals surface area contributed by atoms with Crippen molar-refractivity contribution in [3.05, 3.63) is 59.7 Å². The summed E-state index contributed by atoms with van der Waals surface area (Å²) in [6.45, 7) is 12.7. The molecule has 1 saturated carbocycles. The third kappa shape index (κ3) is 6.00. The summed E-state index contributed by atoms with van der Waals surface area (Å²) < 4.78 is 0. The number of hydrogen-bond acceptors (Lipinski definition) is 12. The maximum absolute atomic E-state index is 13.4. The van der Waals surface area contributed by atoms with Gasteiger partial charge in [-0.2, -0.15) is 0 Å². The van der Waals surface area contributed by atoms with Crippen molar-refractivity contribution >= 4 is 40.8 Å². The van der Waals surface area contributed by atoms with Gasteiger partial charge in [0.2, 0.25) is 11.8 Å². The molecular weight excluding hydrogens is 699 g/mol. The van der Waals surface area contributed by atoms with E-state index >= 15 is 0 Å². The number of hydrogen-bond donors (Lipinski definition) is 3. The zero-order valence-electron chi connectivity index (χ0n) is 31.1. The zero-order chi connectivity index (χ0) is 37.5. The highest BCUT2D eigenvalue weighted by Crippen LogP contribution is 2.52. The summed E-state index contributed by atoms with van der Waals surface area (Å²) in [5.74, 6) is 2.60. The van der Waals surface area contributed by atoms with Crippen molar-refractivity contribution in [2.45, 2.75) is 38.3 Å². The number of imide groups is 2. The standard InChI is InChI=1S/C41H47N9O5/c1-23-17-48(25-6-7-27-29(14-25)41(55)50(40(27)54)34-8-9-37(52)43-39(34)53)11-10-24(23)18-47-21-31-30(32(31)22-47)20-46-12-13-49-26(19-46)16-42-38-35(49)15-33(44-45-38)28-4-2-3-5-36(28)51/h2-7,14-15,23-24,26,30-32,34,51H,8-13,16-22H2,1H3,(H,42,45)(H,43,52,53)/t23?,24?,26-,30?,31-,32+,34?/m0/s1. The number of aromatic hydroxyl groups is 1. The molecule has 4 unspecified atom stereocenters. The van der Waals surface area contributed by atoms with Gasteiger partial charge in [0.05, 0.1) is 28.6 Å². The summed E-state index contributed by atoms with van der Waals surface area (Å²) >= 11 is 0. The maximum Gasteiger partial charge on any atom is 0.262 e. The first kappa shape index (κ1) is 34.4. The highest BCUT2D eigenvalue weighted by atomic mass is 16.3. The molecule has 0 spiro atoms. The number of fused-ring (bicyclic) bond motifs is 5. The van der Waals surface area contributed by atoms with Crippen LogP contribution in [0.2, 0.25) is 0 Å². The Balaban J connectivity index is 0.701. The molecule has 14 heteroatoms. The predicted octanol–water partition coefficient (Wildman–Crippen LogP) is 2.51. The quantitative estimate of drug-likeness (QED) is 0.305. The van der Waals surface area contributed by atoms with Gasteiger partial charge in [-0.15, -0.1) is 10.2 Å². The van der Waals surface area contributed by atoms with Gasteiger partial charge in [0.1, 0.15) is 11.8 Å². The van der Waals surface area contributed by atoms with E-state index in [1.54, 1.807) is 12.1 Å². The third-order valence-electron chi connectivity index (χ3n) is 13.6. The molecule has 55 heavy (non-hydrogen) atoms. The molecule has 3 aromatic rings. The Bertz CT molecular complexity index is 2080. The Kier molecular flexibility index (Phi) is 8.32. The average molecular weight is 746 g/mol. The fourth-order valence-corrected chi connectivity index (χ4v) is 10.5. The molecule has 4 saturated heterocycles. The van der Waals surface area contributed by atoms with Gasteiger partial charge in [0.15, 0.2) is 5.82 Å². The molecule has 286 valence electrons. The van der Waals surface area contributed by atoms with E-state index < -0.39 is 23.8 Å². The van der Waals surface area contributed by atoms with E-state index in [4.69, 9.17) is 0 Å². The molecule has 0 bridgehead atoms. The lowest BCUT2D eigenvalue weighted by Crippen LogP contribution is -2.58. The van der Waals surface area contributed by atoms with Gasteiger partial charge >= 0.3 is 0 Å². The van der Waals surface area contributed by atoms with Crippen LogP contribution in [0.4, 0.5) is 17.2 Å². The first-order valence-corrected chi connectivity index (χ1v) is 19.9. The second kappa shape index (κ2) is 13.3. The van der Waals surface area contributed by atoms with Crippen molar-refractivity contribution in [2.24, 2.45) is 29.6 Å². The van der Waals surface area contributed by atoms with E-state index in [2.05, 4.69) is 53.4 Å². The number of rotatable bonds is 7. The number of nitrogens with zero attached hydrogens (tertiary/aromatic N) is 7. The second-order valence-electron chi connectivity index (χ2n) is 16.8. The minimum absolute atomic E-state index is 0.107. The Morgan fingerprint density at radius 2 is 1.64 bits per heavy atom. The molecule has 0 radical (unpaired) electrons. The van der Waals surface area contributed by atoms with Gasteiger partial charge in [-0.25, -0.2) is 0 Å². The molecule has 2 aromatic carbocycles. The average Bonchev–Trinajstić information content (AvgIpc) is 3.49. The summed E-state index contributed by atoms with van der Waals surface area (Å²) in [7, 11) is 0. The van der Waals surface area contributed by atoms with Crippen molar-refractivity contribution in [1.29, 1.82) is 0 Å². The minimum Gasteiger partial charge on any atom is -0.507 e. The van der Waals surface area contributed by atoms with Crippen LogP contribution in [0.5, 0.6) is 5.75 Å². The van der Waals surface area contributed by atoms with Gasteiger partial charge in [-0.05, 0) is 78.8 Å². The van der Waals surface area contributed by atoms with Crippen LogP contribution in [0, 0.1) is 29.6 Å². The molecule has 7 atom stereocenters. The molecule has 10 rings (SSSR count). The van der Waals surface area contributed by atoms with Gasteiger partial charge in [0, 0.05) is 83.1 Å². The molecule has 14 nitrogen and oxygen atoms in total. The fourth-order valence-electron chi connectivity index (χ4n) is 10.5. The van der Waals surface area contributed by atoms with Crippen LogP contribution in [0.3, 0.4) is 0 Å². The Morgan fingerprint density at radius 3 is 2.44 bits per heavy atom. The summed E-state index contributed by atoms with van der Waals surface area (Å²) in [4.78, 5) is 61.9. The normalized spacial score (nSPS) is 30.4. The minimum atomic E-state index is -0.955. The Morgan fingerprint density at radius 1 is 0.818 bits per heavy atom. The van der Waals surface area contributed by atoms with Crippen LogP contribution in [0.15, 0.2) is 48.5 Å². The van der Waals surface area contributed by atoms with Crippen LogP contribution < -0.4 is 20.4 Å². The lowest BCUT2D eigenvalue weighted by atomic mass is 9.86. The van der Waals surface area contributed by atoms with E-state index in [0.29, 0.717) is 40.3 Å². The lowest BCUT2D eigenvalue weighted by Gasteiger charge is -2.46. The maximum atomic E-state index is 13.4. The molecule has 6 aliphatic heterocycles. The van der Waals surface area contributed by atoms with Crippen LogP contribution in [-0.4, -0.2) is 131 Å². The van der Waals surface area contributed by atoms with Crippen LogP contribution in [-0.2, 0) is 9.59 Å². The molecule has 7 heterocycles. The van der Waals surface area contributed by atoms with Gasteiger partial charge < -0.3 is 25.1 Å². The summed E-state index contributed by atoms with van der Waals surface area (Å²) in [5.41, 5.74) is 4.05. The number of anilines is 3. The van der Waals surface area contributed by atoms with Crippen molar-refractivity contribution in [2.75, 3.05) is 80.6 Å². The molecule has 5 fully saturated rings. The summed E-state index contributed by atoms with van der Waals surface area (Å²) in [5, 5.41) is 25.0. The number of piperidine rings is 3. The number of benzene rings is 2. The number of phenols is 1. The number of amides is 4. The molecule has 4 amide bonds. The first-order chi connectivity index (χ1) is 26.7. The largest absolute Gasteiger partial charge is 0.507 e. The van der Waals surface area contributed by atoms with E-state index in [1.807, 2.05) is 30.3 Å². The van der Waals surface area contributed by atoms with E-state index in [0.717, 1.165) is 92.1 Å². The van der Waals surface area contributed by atoms with Crippen molar-refractivity contribution < 1.29 is 24.3 Å². The zero-order valence-corrected chi connectivity index (χ0v) is 31.1. The van der Waals surface area contributed by atoms with Crippen LogP contribution in [0.1, 0.15) is 46.9 Å². The SMILES string of the molecule is CC1CN(c2ccc3c(c2)C(=O)N(C2CCC(=O)NC2=O)C3=O)CCC1CN1C[C@@H]2C(CN3CCN4c5cc(-c6ccccc6O)nnc5NC[C@H]4C3)[C@@H]2C1. The number of likely N-dealkylation sites (tertiary alicyclic amines) is 1. The number of aromatic nitrogens is 2. The van der Waals surface area contributed by atoms with E-state index in [1.165, 1.54) is 19.6 Å². The fraction of sp³-hybridized carbons (Fsp3) is 0.512. The van der Waals surface area contributed by atoms with Crippen LogP contribution in [0.25, 0.3) is 11.3 Å². The Hall–Kier alpha value is -5.08.